The van der Waals surface area contributed by atoms with Gasteiger partial charge in [0, 0.05) is 0 Å². The molecule has 0 atom stereocenters. The van der Waals surface area contributed by atoms with Gasteiger partial charge in [-0.25, -0.2) is 0 Å². The molecule has 0 aromatic rings. The quantitative estimate of drug-likeness (QED) is 0.184. The Hall–Kier alpha value is 1.16. The van der Waals surface area contributed by atoms with Gasteiger partial charge in [-0.3, -0.25) is 0 Å². The summed E-state index contributed by atoms with van der Waals surface area (Å²) in [4.78, 5) is 0. The van der Waals surface area contributed by atoms with Crippen LogP contribution in [0.5, 0.6) is 0 Å². The maximum absolute atomic E-state index is 8.84. The number of rotatable bonds is 12. The third-order valence-electron chi connectivity index (χ3n) is 14.9. The van der Waals surface area contributed by atoms with Crippen LogP contribution in [0.15, 0.2) is 0 Å². The van der Waals surface area contributed by atoms with E-state index in [0.29, 0.717) is 0 Å². The van der Waals surface area contributed by atoms with E-state index < -0.39 is 38.7 Å². The molecule has 0 N–H and O–H groups in total. The second kappa shape index (κ2) is 18.6. The van der Waals surface area contributed by atoms with Gasteiger partial charge in [0.1, 0.15) is 0 Å². The molecule has 0 radical (unpaired) electrons. The van der Waals surface area contributed by atoms with E-state index in [1.54, 1.807) is 0 Å². The van der Waals surface area contributed by atoms with Gasteiger partial charge in [0.25, 0.3) is 0 Å². The van der Waals surface area contributed by atoms with E-state index in [9.17, 15) is 0 Å². The Bertz CT molecular complexity index is 848. The van der Waals surface area contributed by atoms with Crippen molar-refractivity contribution in [1.29, 1.82) is 0 Å². The molecule has 0 aliphatic heterocycles. The topological polar surface area (TPSA) is 36.9 Å². The van der Waals surface area contributed by atoms with E-state index >= 15 is 0 Å². The first-order valence-corrected chi connectivity index (χ1v) is 31.6. The molecular weight excluding hydrogens is 740 g/mol. The van der Waals surface area contributed by atoms with Gasteiger partial charge in [-0.1, -0.05) is 0 Å². The van der Waals surface area contributed by atoms with Crippen LogP contribution in [0.4, 0.5) is 0 Å². The predicted octanol–water partition coefficient (Wildman–Crippen LogP) is 15.4. The molecule has 7 heteroatoms. The molecule has 0 saturated heterocycles. The molecule has 0 heterocycles. The zero-order valence-corrected chi connectivity index (χ0v) is 39.3. The van der Waals surface area contributed by atoms with E-state index in [-0.39, 0.29) is 11.2 Å². The van der Waals surface area contributed by atoms with Crippen LogP contribution in [-0.4, -0.2) is 27.8 Å². The molecule has 4 nitrogen and oxygen atoms in total. The summed E-state index contributed by atoms with van der Waals surface area (Å²) in [5, 5.41) is 0. The standard InChI is InChI=1S/2C18H33OSi.2C4H9O.Zr/c2*19-20(16-10-4-1-5-11-16,17-12-6-2-7-13-17)18-14-8-3-9-15-18;2*1-4(2,3)5;/h2*16-18H,1-15H2;2*1-3H3;/q4*-1;+4. The van der Waals surface area contributed by atoms with Gasteiger partial charge in [0.15, 0.2) is 0 Å². The molecule has 0 unspecified atom stereocenters. The third-order valence-corrected chi connectivity index (χ3v) is 40.4. The van der Waals surface area contributed by atoms with Gasteiger partial charge in [-0.15, -0.1) is 0 Å². The average Bonchev–Trinajstić information content (AvgIpc) is 3.14. The summed E-state index contributed by atoms with van der Waals surface area (Å²) in [5.74, 6) is 0. The normalized spacial score (nSPS) is 26.5. The monoisotopic (exact) mass is 822 g/mol. The number of hydrogen-bond acceptors (Lipinski definition) is 4. The Morgan fingerprint density at radius 1 is 0.314 bits per heavy atom. The van der Waals surface area contributed by atoms with Crippen molar-refractivity contribution in [3.63, 3.8) is 0 Å². The van der Waals surface area contributed by atoms with Crippen LogP contribution in [0.1, 0.15) is 234 Å². The molecule has 0 spiro atoms. The molecule has 51 heavy (non-hydrogen) atoms. The van der Waals surface area contributed by atoms with Crippen LogP contribution in [0, 0.1) is 0 Å². The molecule has 6 rings (SSSR count). The fourth-order valence-corrected chi connectivity index (χ4v) is 46.9. The molecule has 6 fully saturated rings. The number of hydrogen-bond donors (Lipinski definition) is 0. The van der Waals surface area contributed by atoms with Crippen molar-refractivity contribution in [3.8, 4) is 0 Å². The fraction of sp³-hybridized carbons (Fsp3) is 1.00. The molecule has 0 aromatic carbocycles. The van der Waals surface area contributed by atoms with E-state index in [2.05, 4.69) is 41.5 Å². The maximum atomic E-state index is 8.84. The van der Waals surface area contributed by atoms with Crippen LogP contribution >= 0.6 is 0 Å². The van der Waals surface area contributed by atoms with Crippen molar-refractivity contribution in [1.82, 2.24) is 0 Å². The van der Waals surface area contributed by atoms with Gasteiger partial charge >= 0.3 is 328 Å². The van der Waals surface area contributed by atoms with Crippen molar-refractivity contribution in [2.75, 3.05) is 0 Å². The second-order valence-electron chi connectivity index (χ2n) is 20.8. The van der Waals surface area contributed by atoms with E-state index in [1.807, 2.05) is 0 Å². The Kier molecular flexibility index (Phi) is 15.2. The Morgan fingerprint density at radius 3 is 0.647 bits per heavy atom. The molecule has 0 amide bonds. The minimum atomic E-state index is -4.89. The van der Waals surface area contributed by atoms with Crippen molar-refractivity contribution in [2.24, 2.45) is 0 Å². The van der Waals surface area contributed by atoms with Crippen molar-refractivity contribution in [2.45, 2.75) is 279 Å². The summed E-state index contributed by atoms with van der Waals surface area (Å²) in [5.41, 5.74) is 3.77. The summed E-state index contributed by atoms with van der Waals surface area (Å²) in [6.45, 7) is 13.9. The molecule has 0 aromatic heterocycles. The SMILES string of the molecule is CC(C)(C)[O][Zr]([O]C(C)(C)C)([O][Si](C1CCCCC1)(C1CCCCC1)C1CCCCC1)[O][Si](C1CCCCC1)(C1CCCCC1)C1CCCCC1. The second-order valence-corrected chi connectivity index (χ2v) is 36.0. The first kappa shape index (κ1) is 41.8. The first-order chi connectivity index (χ1) is 24.5. The minimum absolute atomic E-state index is 0.362. The van der Waals surface area contributed by atoms with E-state index in [0.717, 1.165) is 33.2 Å². The van der Waals surface area contributed by atoms with Crippen LogP contribution in [-0.2, 0) is 32.7 Å². The van der Waals surface area contributed by atoms with Gasteiger partial charge < -0.3 is 0 Å². The molecule has 296 valence electrons. The fourth-order valence-electron chi connectivity index (χ4n) is 13.1. The summed E-state index contributed by atoms with van der Waals surface area (Å²) in [7, 11) is -4.87. The van der Waals surface area contributed by atoms with Crippen molar-refractivity contribution in [3.05, 3.63) is 0 Å². The Morgan fingerprint density at radius 2 is 0.490 bits per heavy atom. The Labute approximate surface area is 325 Å². The van der Waals surface area contributed by atoms with E-state index in [1.165, 1.54) is 193 Å². The summed E-state index contributed by atoms with van der Waals surface area (Å²) < 4.78 is 33.4. The average molecular weight is 825 g/mol. The molecule has 6 aliphatic carbocycles. The van der Waals surface area contributed by atoms with Gasteiger partial charge in [-0.2, -0.15) is 0 Å². The predicted molar refractivity (Wildman–Crippen MR) is 216 cm³/mol. The van der Waals surface area contributed by atoms with Crippen LogP contribution < -0.4 is 0 Å². The van der Waals surface area contributed by atoms with E-state index in [4.69, 9.17) is 10.6 Å². The molecule has 0 bridgehead atoms. The van der Waals surface area contributed by atoms with Crippen molar-refractivity contribution < 1.29 is 32.7 Å². The summed E-state index contributed by atoms with van der Waals surface area (Å²) >= 11 is -4.89. The Balaban J connectivity index is 1.57. The first-order valence-electron chi connectivity index (χ1n) is 23.3. The van der Waals surface area contributed by atoms with Gasteiger partial charge in [0.05, 0.1) is 0 Å². The molecule has 6 saturated carbocycles. The molecular formula is C44H84O4Si2Zr. The van der Waals surface area contributed by atoms with Crippen LogP contribution in [0.2, 0.25) is 33.2 Å². The van der Waals surface area contributed by atoms with Gasteiger partial charge in [-0.05, 0) is 0 Å². The third kappa shape index (κ3) is 10.4. The van der Waals surface area contributed by atoms with Gasteiger partial charge in [0.2, 0.25) is 0 Å². The zero-order chi connectivity index (χ0) is 36.0. The van der Waals surface area contributed by atoms with Crippen LogP contribution in [0.25, 0.3) is 0 Å². The van der Waals surface area contributed by atoms with Crippen LogP contribution in [0.3, 0.4) is 0 Å². The zero-order valence-electron chi connectivity index (χ0n) is 34.8. The summed E-state index contributed by atoms with van der Waals surface area (Å²) in [6.07, 6.45) is 42.0. The summed E-state index contributed by atoms with van der Waals surface area (Å²) in [6, 6.07) is 0. The van der Waals surface area contributed by atoms with Crippen molar-refractivity contribution >= 4 is 16.6 Å². The molecule has 6 aliphatic rings.